The number of likely N-dealkylation sites (N-methyl/N-ethyl adjacent to an activating group) is 1. The zero-order valence-corrected chi connectivity index (χ0v) is 13.8. The molecule has 128 valence electrons. The summed E-state index contributed by atoms with van der Waals surface area (Å²) in [5.41, 5.74) is 2.82. The fraction of sp³-hybridized carbons (Fsp3) is 0.294. The Hall–Kier alpha value is -3.00. The van der Waals surface area contributed by atoms with Gasteiger partial charge in [0.1, 0.15) is 17.5 Å². The molecule has 8 heteroatoms. The van der Waals surface area contributed by atoms with Crippen molar-refractivity contribution in [1.82, 2.24) is 30.3 Å². The molecule has 0 saturated carbocycles. The predicted molar refractivity (Wildman–Crippen MR) is 91.0 cm³/mol. The molecule has 1 saturated heterocycles. The molecular weight excluding hydrogens is 320 g/mol. The van der Waals surface area contributed by atoms with Crippen molar-refractivity contribution in [2.24, 2.45) is 0 Å². The van der Waals surface area contributed by atoms with E-state index in [1.807, 2.05) is 6.07 Å². The van der Waals surface area contributed by atoms with E-state index in [1.165, 1.54) is 0 Å². The molecule has 1 aromatic carbocycles. The minimum Gasteiger partial charge on any atom is -0.507 e. The van der Waals surface area contributed by atoms with E-state index < -0.39 is 0 Å². The highest BCUT2D eigenvalue weighted by Gasteiger charge is 2.22. The molecular formula is C17H18N6O2. The zero-order chi connectivity index (χ0) is 17.2. The van der Waals surface area contributed by atoms with E-state index in [0.29, 0.717) is 11.3 Å². The Morgan fingerprint density at radius 2 is 2.16 bits per heavy atom. The highest BCUT2D eigenvalue weighted by molar-refractivity contribution is 5.73. The Bertz CT molecular complexity index is 850. The lowest BCUT2D eigenvalue weighted by Crippen LogP contribution is -2.22. The van der Waals surface area contributed by atoms with Crippen LogP contribution in [0, 0.1) is 0 Å². The molecule has 3 aromatic rings. The Kier molecular flexibility index (Phi) is 4.02. The summed E-state index contributed by atoms with van der Waals surface area (Å²) in [6.07, 6.45) is 6.08. The van der Waals surface area contributed by atoms with Gasteiger partial charge in [0.25, 0.3) is 0 Å². The van der Waals surface area contributed by atoms with Gasteiger partial charge in [0.2, 0.25) is 0 Å². The average Bonchev–Trinajstić information content (AvgIpc) is 3.28. The molecule has 25 heavy (non-hydrogen) atoms. The van der Waals surface area contributed by atoms with Gasteiger partial charge in [0.15, 0.2) is 0 Å². The first-order valence-corrected chi connectivity index (χ1v) is 8.06. The molecule has 0 aliphatic carbocycles. The number of aromatic nitrogens is 5. The van der Waals surface area contributed by atoms with Crippen molar-refractivity contribution in [2.45, 2.75) is 12.5 Å². The summed E-state index contributed by atoms with van der Waals surface area (Å²) >= 11 is 0. The van der Waals surface area contributed by atoms with Crippen molar-refractivity contribution in [1.29, 1.82) is 0 Å². The van der Waals surface area contributed by atoms with Crippen molar-refractivity contribution in [3.63, 3.8) is 0 Å². The number of rotatable bonds is 4. The molecule has 4 rings (SSSR count). The zero-order valence-electron chi connectivity index (χ0n) is 13.8. The number of benzene rings is 1. The maximum atomic E-state index is 10.3. The average molecular weight is 338 g/mol. The summed E-state index contributed by atoms with van der Waals surface area (Å²) in [5.74, 6) is 0.112. The number of phenols is 1. The smallest absolute Gasteiger partial charge is 0.335 e. The van der Waals surface area contributed by atoms with Gasteiger partial charge >= 0.3 is 6.01 Å². The fourth-order valence-electron chi connectivity index (χ4n) is 2.92. The number of likely N-dealkylation sites (tertiary alicyclic amines) is 1. The largest absolute Gasteiger partial charge is 0.507 e. The van der Waals surface area contributed by atoms with Gasteiger partial charge in [-0.3, -0.25) is 5.10 Å². The number of nitrogens with zero attached hydrogens (tertiary/aromatic N) is 5. The van der Waals surface area contributed by atoms with E-state index in [2.05, 4.69) is 37.3 Å². The molecule has 1 aliphatic heterocycles. The first kappa shape index (κ1) is 15.5. The van der Waals surface area contributed by atoms with Crippen molar-refractivity contribution >= 4 is 0 Å². The Balaban J connectivity index is 1.52. The van der Waals surface area contributed by atoms with Gasteiger partial charge in [0.05, 0.1) is 12.4 Å². The van der Waals surface area contributed by atoms with Crippen LogP contribution in [-0.4, -0.2) is 61.6 Å². The number of aromatic amines is 1. The summed E-state index contributed by atoms with van der Waals surface area (Å²) in [7, 11) is 2.06. The van der Waals surface area contributed by atoms with Gasteiger partial charge in [-0.05, 0) is 31.2 Å². The molecule has 1 aliphatic rings. The lowest BCUT2D eigenvalue weighted by Gasteiger charge is -2.11. The quantitative estimate of drug-likeness (QED) is 0.747. The van der Waals surface area contributed by atoms with Crippen LogP contribution in [0.5, 0.6) is 11.8 Å². The molecule has 1 fully saturated rings. The number of ether oxygens (including phenoxy) is 1. The van der Waals surface area contributed by atoms with Crippen molar-refractivity contribution < 1.29 is 9.84 Å². The first-order valence-electron chi connectivity index (χ1n) is 8.06. The maximum Gasteiger partial charge on any atom is 0.335 e. The van der Waals surface area contributed by atoms with Gasteiger partial charge in [-0.25, -0.2) is 4.98 Å². The third kappa shape index (κ3) is 3.29. The lowest BCUT2D eigenvalue weighted by atomic mass is 10.0. The third-order valence-electron chi connectivity index (χ3n) is 4.27. The van der Waals surface area contributed by atoms with E-state index in [-0.39, 0.29) is 17.9 Å². The van der Waals surface area contributed by atoms with Crippen LogP contribution in [0.25, 0.3) is 22.4 Å². The lowest BCUT2D eigenvalue weighted by molar-refractivity contribution is 0.189. The Morgan fingerprint density at radius 1 is 1.24 bits per heavy atom. The van der Waals surface area contributed by atoms with Crippen LogP contribution in [0.3, 0.4) is 0 Å². The summed E-state index contributed by atoms with van der Waals surface area (Å²) in [6.45, 7) is 1.87. The first-order chi connectivity index (χ1) is 12.2. The standard InChI is InChI=1S/C17H18N6O2/c1-23-5-4-13(10-23)25-17-18-9-15(21-22-17)14-3-2-11(6-16(14)24)12-7-19-20-8-12/h2-3,6-9,13,24H,4-5,10H2,1H3,(H,19,20)/t13-/m1/s1. The van der Waals surface area contributed by atoms with Crippen LogP contribution >= 0.6 is 0 Å². The van der Waals surface area contributed by atoms with E-state index in [9.17, 15) is 5.11 Å². The number of H-pyrrole nitrogens is 1. The molecule has 2 N–H and O–H groups in total. The van der Waals surface area contributed by atoms with Crippen LogP contribution in [-0.2, 0) is 0 Å². The van der Waals surface area contributed by atoms with Gasteiger partial charge in [-0.15, -0.1) is 5.10 Å². The molecule has 3 heterocycles. The Morgan fingerprint density at radius 3 is 2.80 bits per heavy atom. The number of hydrogen-bond donors (Lipinski definition) is 2. The van der Waals surface area contributed by atoms with Crippen LogP contribution in [0.1, 0.15) is 6.42 Å². The van der Waals surface area contributed by atoms with E-state index in [0.717, 1.165) is 30.6 Å². The number of hydrogen-bond acceptors (Lipinski definition) is 7. The molecule has 8 nitrogen and oxygen atoms in total. The fourth-order valence-corrected chi connectivity index (χ4v) is 2.92. The predicted octanol–water partition coefficient (Wildman–Crippen LogP) is 1.72. The minimum atomic E-state index is 0.0975. The molecule has 1 atom stereocenters. The third-order valence-corrected chi connectivity index (χ3v) is 4.27. The second-order valence-corrected chi connectivity index (χ2v) is 6.14. The molecule has 0 spiro atoms. The summed E-state index contributed by atoms with van der Waals surface area (Å²) in [6, 6.07) is 5.61. The Labute approximate surface area is 144 Å². The molecule has 2 aromatic heterocycles. The highest BCUT2D eigenvalue weighted by atomic mass is 16.5. The van der Waals surface area contributed by atoms with Gasteiger partial charge < -0.3 is 14.7 Å². The highest BCUT2D eigenvalue weighted by Crippen LogP contribution is 2.31. The normalized spacial score (nSPS) is 17.7. The molecule has 0 unspecified atom stereocenters. The van der Waals surface area contributed by atoms with Crippen molar-refractivity contribution in [3.8, 4) is 34.1 Å². The molecule has 0 radical (unpaired) electrons. The second kappa shape index (κ2) is 6.48. The minimum absolute atomic E-state index is 0.0975. The SMILES string of the molecule is CN1CC[C@@H](Oc2ncc(-c3ccc(-c4cn[nH]c4)cc3O)nn2)C1. The van der Waals surface area contributed by atoms with Crippen molar-refractivity contribution in [3.05, 3.63) is 36.8 Å². The van der Waals surface area contributed by atoms with Crippen LogP contribution in [0.4, 0.5) is 0 Å². The van der Waals surface area contributed by atoms with Crippen LogP contribution in [0.2, 0.25) is 0 Å². The van der Waals surface area contributed by atoms with Gasteiger partial charge in [-0.2, -0.15) is 5.10 Å². The van der Waals surface area contributed by atoms with Crippen molar-refractivity contribution in [2.75, 3.05) is 20.1 Å². The van der Waals surface area contributed by atoms with Crippen LogP contribution in [0.15, 0.2) is 36.8 Å². The summed E-state index contributed by atoms with van der Waals surface area (Å²) in [5, 5.41) is 25.1. The van der Waals surface area contributed by atoms with E-state index in [4.69, 9.17) is 4.74 Å². The summed E-state index contributed by atoms with van der Waals surface area (Å²) in [4.78, 5) is 6.42. The number of phenolic OH excluding ortho intramolecular Hbond substituents is 1. The summed E-state index contributed by atoms with van der Waals surface area (Å²) < 4.78 is 5.74. The van der Waals surface area contributed by atoms with E-state index in [1.54, 1.807) is 30.7 Å². The van der Waals surface area contributed by atoms with Crippen LogP contribution < -0.4 is 4.74 Å². The maximum absolute atomic E-state index is 10.3. The van der Waals surface area contributed by atoms with Gasteiger partial charge in [-0.1, -0.05) is 11.2 Å². The number of nitrogens with one attached hydrogen (secondary N) is 1. The molecule has 0 bridgehead atoms. The van der Waals surface area contributed by atoms with E-state index >= 15 is 0 Å². The monoisotopic (exact) mass is 338 g/mol. The molecule has 0 amide bonds. The second-order valence-electron chi connectivity index (χ2n) is 6.14. The topological polar surface area (TPSA) is 100 Å². The van der Waals surface area contributed by atoms with Gasteiger partial charge in [0, 0.05) is 30.4 Å². The number of aromatic hydroxyl groups is 1.